The van der Waals surface area contributed by atoms with Crippen molar-refractivity contribution in [2.24, 2.45) is 11.8 Å². The Hall–Kier alpha value is -1.05. The van der Waals surface area contributed by atoms with Crippen LogP contribution in [0.3, 0.4) is 0 Å². The zero-order chi connectivity index (χ0) is 11.5. The van der Waals surface area contributed by atoms with Crippen molar-refractivity contribution in [3.63, 3.8) is 0 Å². The fourth-order valence-electron chi connectivity index (χ4n) is 2.84. The van der Waals surface area contributed by atoms with E-state index in [1.165, 1.54) is 0 Å². The zero-order valence-corrected chi connectivity index (χ0v) is 10.1. The number of ketones is 1. The lowest BCUT2D eigenvalue weighted by Gasteiger charge is -2.28. The quantitative estimate of drug-likeness (QED) is 0.776. The third kappa shape index (κ3) is 2.75. The first-order valence-electron chi connectivity index (χ1n) is 6.20. The molecule has 1 aliphatic rings. The number of carbonyl (C=O) groups excluding carboxylic acids is 1. The van der Waals surface area contributed by atoms with Crippen LogP contribution in [0.25, 0.3) is 0 Å². The van der Waals surface area contributed by atoms with Crippen LogP contribution in [0.1, 0.15) is 51.2 Å². The van der Waals surface area contributed by atoms with Crippen LogP contribution in [0.15, 0.2) is 22.8 Å². The number of hydrogen-bond donors (Lipinski definition) is 0. The number of carbonyl (C=O) groups is 1. The van der Waals surface area contributed by atoms with Crippen LogP contribution in [0.2, 0.25) is 0 Å². The normalized spacial score (nSPS) is 26.3. The molecule has 2 unspecified atom stereocenters. The molecule has 0 spiro atoms. The van der Waals surface area contributed by atoms with Crippen LogP contribution < -0.4 is 0 Å². The Morgan fingerprint density at radius 1 is 1.44 bits per heavy atom. The Labute approximate surface area is 97.0 Å². The average molecular weight is 220 g/mol. The summed E-state index contributed by atoms with van der Waals surface area (Å²) in [5, 5.41) is 0. The van der Waals surface area contributed by atoms with E-state index in [0.29, 0.717) is 30.0 Å². The number of Topliss-reactive ketones (excluding diaryl/α,β-unsaturated/α-hetero) is 1. The lowest BCUT2D eigenvalue weighted by atomic mass is 9.76. The monoisotopic (exact) mass is 220 g/mol. The Balaban J connectivity index is 2.02. The summed E-state index contributed by atoms with van der Waals surface area (Å²) in [4.78, 5) is 11.7. The lowest BCUT2D eigenvalue weighted by Crippen LogP contribution is -2.22. The van der Waals surface area contributed by atoms with Gasteiger partial charge in [0.1, 0.15) is 11.5 Å². The SMILES string of the molecule is CC(C)CC1CC(=O)CC(c2ccco2)C1. The van der Waals surface area contributed by atoms with E-state index in [9.17, 15) is 4.79 Å². The van der Waals surface area contributed by atoms with E-state index in [1.54, 1.807) is 6.26 Å². The van der Waals surface area contributed by atoms with E-state index in [4.69, 9.17) is 4.42 Å². The molecule has 2 atom stereocenters. The number of furan rings is 1. The van der Waals surface area contributed by atoms with Gasteiger partial charge in [-0.25, -0.2) is 0 Å². The predicted octanol–water partition coefficient (Wildman–Crippen LogP) is 3.78. The van der Waals surface area contributed by atoms with Crippen molar-refractivity contribution in [2.45, 2.75) is 45.4 Å². The molecule has 88 valence electrons. The van der Waals surface area contributed by atoms with Gasteiger partial charge in [0.25, 0.3) is 0 Å². The van der Waals surface area contributed by atoms with E-state index in [1.807, 2.05) is 12.1 Å². The standard InChI is InChI=1S/C14H20O2/c1-10(2)6-11-7-12(9-13(15)8-11)14-4-3-5-16-14/h3-5,10-12H,6-9H2,1-2H3. The molecule has 1 saturated carbocycles. The molecule has 0 saturated heterocycles. The van der Waals surface area contributed by atoms with E-state index in [0.717, 1.165) is 25.0 Å². The van der Waals surface area contributed by atoms with Crippen LogP contribution in [0.5, 0.6) is 0 Å². The molecule has 1 heterocycles. The molecule has 1 fully saturated rings. The summed E-state index contributed by atoms with van der Waals surface area (Å²) in [5.41, 5.74) is 0. The zero-order valence-electron chi connectivity index (χ0n) is 10.1. The number of hydrogen-bond acceptors (Lipinski definition) is 2. The highest BCUT2D eigenvalue weighted by Gasteiger charge is 2.29. The van der Waals surface area contributed by atoms with Crippen LogP contribution in [-0.4, -0.2) is 5.78 Å². The largest absolute Gasteiger partial charge is 0.469 e. The van der Waals surface area contributed by atoms with E-state index in [-0.39, 0.29) is 0 Å². The van der Waals surface area contributed by atoms with Crippen molar-refractivity contribution < 1.29 is 9.21 Å². The van der Waals surface area contributed by atoms with Crippen molar-refractivity contribution in [1.82, 2.24) is 0 Å². The number of rotatable bonds is 3. The molecule has 0 N–H and O–H groups in total. The summed E-state index contributed by atoms with van der Waals surface area (Å²) in [7, 11) is 0. The maximum absolute atomic E-state index is 11.7. The molecule has 2 rings (SSSR count). The Kier molecular flexibility index (Phi) is 3.47. The smallest absolute Gasteiger partial charge is 0.133 e. The first-order chi connectivity index (χ1) is 7.65. The van der Waals surface area contributed by atoms with Crippen molar-refractivity contribution in [3.05, 3.63) is 24.2 Å². The Morgan fingerprint density at radius 3 is 2.88 bits per heavy atom. The van der Waals surface area contributed by atoms with Gasteiger partial charge in [0, 0.05) is 18.8 Å². The van der Waals surface area contributed by atoms with E-state index >= 15 is 0 Å². The third-order valence-electron chi connectivity index (χ3n) is 3.36. The molecule has 1 aromatic rings. The fourth-order valence-corrected chi connectivity index (χ4v) is 2.84. The molecule has 1 aliphatic carbocycles. The summed E-state index contributed by atoms with van der Waals surface area (Å²) in [5.74, 6) is 2.93. The van der Waals surface area contributed by atoms with Crippen molar-refractivity contribution >= 4 is 5.78 Å². The van der Waals surface area contributed by atoms with Crippen molar-refractivity contribution in [2.75, 3.05) is 0 Å². The second-order valence-corrected chi connectivity index (χ2v) is 5.39. The Morgan fingerprint density at radius 2 is 2.25 bits per heavy atom. The molecule has 0 amide bonds. The molecule has 16 heavy (non-hydrogen) atoms. The molecule has 0 bridgehead atoms. The van der Waals surface area contributed by atoms with Crippen molar-refractivity contribution in [3.8, 4) is 0 Å². The van der Waals surface area contributed by atoms with Gasteiger partial charge in [-0.1, -0.05) is 13.8 Å². The van der Waals surface area contributed by atoms with Crippen LogP contribution in [-0.2, 0) is 4.79 Å². The third-order valence-corrected chi connectivity index (χ3v) is 3.36. The summed E-state index contributed by atoms with van der Waals surface area (Å²) in [6.07, 6.45) is 5.41. The van der Waals surface area contributed by atoms with Gasteiger partial charge < -0.3 is 4.42 Å². The topological polar surface area (TPSA) is 30.2 Å². The average Bonchev–Trinajstić information content (AvgIpc) is 2.67. The van der Waals surface area contributed by atoms with Gasteiger partial charge in [-0.05, 0) is 36.8 Å². The van der Waals surface area contributed by atoms with Gasteiger partial charge in [0.2, 0.25) is 0 Å². The highest BCUT2D eigenvalue weighted by molar-refractivity contribution is 5.80. The minimum Gasteiger partial charge on any atom is -0.469 e. The second kappa shape index (κ2) is 4.86. The van der Waals surface area contributed by atoms with E-state index < -0.39 is 0 Å². The van der Waals surface area contributed by atoms with E-state index in [2.05, 4.69) is 13.8 Å². The van der Waals surface area contributed by atoms with Gasteiger partial charge >= 0.3 is 0 Å². The fraction of sp³-hybridized carbons (Fsp3) is 0.643. The molecule has 0 aliphatic heterocycles. The summed E-state index contributed by atoms with van der Waals surface area (Å²) in [6, 6.07) is 3.90. The van der Waals surface area contributed by atoms with Gasteiger partial charge in [-0.3, -0.25) is 4.79 Å². The summed E-state index contributed by atoms with van der Waals surface area (Å²) < 4.78 is 5.42. The summed E-state index contributed by atoms with van der Waals surface area (Å²) >= 11 is 0. The van der Waals surface area contributed by atoms with Crippen molar-refractivity contribution in [1.29, 1.82) is 0 Å². The highest BCUT2D eigenvalue weighted by Crippen LogP contribution is 2.37. The lowest BCUT2D eigenvalue weighted by molar-refractivity contribution is -0.122. The highest BCUT2D eigenvalue weighted by atomic mass is 16.3. The Bertz CT molecular complexity index is 338. The second-order valence-electron chi connectivity index (χ2n) is 5.39. The maximum atomic E-state index is 11.7. The first-order valence-corrected chi connectivity index (χ1v) is 6.20. The maximum Gasteiger partial charge on any atom is 0.133 e. The molecule has 1 aromatic heterocycles. The molecule has 0 radical (unpaired) electrons. The van der Waals surface area contributed by atoms with Crippen LogP contribution in [0, 0.1) is 11.8 Å². The molecule has 2 nitrogen and oxygen atoms in total. The minimum absolute atomic E-state index is 0.319. The van der Waals surface area contributed by atoms with Gasteiger partial charge in [0.05, 0.1) is 6.26 Å². The van der Waals surface area contributed by atoms with Gasteiger partial charge in [0.15, 0.2) is 0 Å². The summed E-state index contributed by atoms with van der Waals surface area (Å²) in [6.45, 7) is 4.45. The predicted molar refractivity (Wildman–Crippen MR) is 63.3 cm³/mol. The molecule has 0 aromatic carbocycles. The minimum atomic E-state index is 0.319. The van der Waals surface area contributed by atoms with Gasteiger partial charge in [-0.2, -0.15) is 0 Å². The van der Waals surface area contributed by atoms with Gasteiger partial charge in [-0.15, -0.1) is 0 Å². The van der Waals surface area contributed by atoms with Crippen LogP contribution >= 0.6 is 0 Å². The first kappa shape index (κ1) is 11.4. The molecular weight excluding hydrogens is 200 g/mol. The molecular formula is C14H20O2. The molecule has 2 heteroatoms. The van der Waals surface area contributed by atoms with Crippen LogP contribution in [0.4, 0.5) is 0 Å².